The molecule has 2 aromatic rings. The largest absolute Gasteiger partial charge is 0.497 e. The summed E-state index contributed by atoms with van der Waals surface area (Å²) in [5, 5.41) is 3.03. The number of carbonyl (C=O) groups excluding carboxylic acids is 1. The second-order valence-corrected chi connectivity index (χ2v) is 9.88. The van der Waals surface area contributed by atoms with Gasteiger partial charge < -0.3 is 10.1 Å². The summed E-state index contributed by atoms with van der Waals surface area (Å²) in [5.74, 6) is 0.287. The van der Waals surface area contributed by atoms with Crippen molar-refractivity contribution in [3.63, 3.8) is 0 Å². The first-order valence-corrected chi connectivity index (χ1v) is 11.7. The molecule has 0 aliphatic carbocycles. The van der Waals surface area contributed by atoms with Crippen LogP contribution in [0.1, 0.15) is 42.5 Å². The zero-order valence-electron chi connectivity index (χ0n) is 18.0. The minimum atomic E-state index is -3.63. The Morgan fingerprint density at radius 1 is 1.17 bits per heavy atom. The summed E-state index contributed by atoms with van der Waals surface area (Å²) in [7, 11) is -2.02. The quantitative estimate of drug-likeness (QED) is 0.760. The molecule has 1 fully saturated rings. The van der Waals surface area contributed by atoms with Crippen LogP contribution in [-0.2, 0) is 14.8 Å². The minimum absolute atomic E-state index is 0.112. The van der Waals surface area contributed by atoms with Crippen molar-refractivity contribution < 1.29 is 17.9 Å². The van der Waals surface area contributed by atoms with Gasteiger partial charge in [-0.05, 0) is 68.5 Å². The van der Waals surface area contributed by atoms with Crippen LogP contribution < -0.4 is 10.1 Å². The lowest BCUT2D eigenvalue weighted by Gasteiger charge is -2.32. The smallest absolute Gasteiger partial charge is 0.243 e. The van der Waals surface area contributed by atoms with Crippen LogP contribution in [0.4, 0.5) is 0 Å². The van der Waals surface area contributed by atoms with Gasteiger partial charge in [-0.3, -0.25) is 4.79 Å². The first-order chi connectivity index (χ1) is 14.2. The number of nitrogens with one attached hydrogen (secondary N) is 1. The van der Waals surface area contributed by atoms with E-state index in [1.807, 2.05) is 50.2 Å². The van der Waals surface area contributed by atoms with Crippen LogP contribution in [0.5, 0.6) is 5.75 Å². The van der Waals surface area contributed by atoms with Crippen molar-refractivity contribution in [1.82, 2.24) is 9.62 Å². The van der Waals surface area contributed by atoms with Crippen molar-refractivity contribution in [2.24, 2.45) is 5.92 Å². The number of aryl methyl sites for hydroxylation is 2. The Morgan fingerprint density at radius 3 is 2.53 bits per heavy atom. The minimum Gasteiger partial charge on any atom is -0.497 e. The number of piperidine rings is 1. The van der Waals surface area contributed by atoms with Crippen LogP contribution in [-0.4, -0.2) is 38.8 Å². The molecular weight excluding hydrogens is 400 g/mol. The van der Waals surface area contributed by atoms with E-state index in [2.05, 4.69) is 5.32 Å². The van der Waals surface area contributed by atoms with Gasteiger partial charge in [0.2, 0.25) is 15.9 Å². The van der Waals surface area contributed by atoms with Crippen LogP contribution in [0, 0.1) is 19.8 Å². The predicted octanol–water partition coefficient (Wildman–Crippen LogP) is 3.59. The Morgan fingerprint density at radius 2 is 1.87 bits per heavy atom. The van der Waals surface area contributed by atoms with E-state index >= 15 is 0 Å². The van der Waals surface area contributed by atoms with Crippen molar-refractivity contribution >= 4 is 15.9 Å². The highest BCUT2D eigenvalue weighted by Gasteiger charge is 2.34. The number of nitrogens with zero attached hydrogens (tertiary/aromatic N) is 1. The summed E-state index contributed by atoms with van der Waals surface area (Å²) >= 11 is 0. The molecular formula is C23H30N2O4S. The monoisotopic (exact) mass is 430 g/mol. The van der Waals surface area contributed by atoms with Gasteiger partial charge in [0.15, 0.2) is 0 Å². The van der Waals surface area contributed by atoms with E-state index in [1.165, 1.54) is 4.31 Å². The fraction of sp³-hybridized carbons (Fsp3) is 0.435. The Balaban J connectivity index is 1.70. The zero-order chi connectivity index (χ0) is 21.9. The maximum atomic E-state index is 13.2. The fourth-order valence-corrected chi connectivity index (χ4v) is 5.64. The van der Waals surface area contributed by atoms with Gasteiger partial charge in [0, 0.05) is 13.1 Å². The zero-order valence-corrected chi connectivity index (χ0v) is 18.8. The third kappa shape index (κ3) is 4.84. The van der Waals surface area contributed by atoms with Crippen molar-refractivity contribution in [3.05, 3.63) is 59.2 Å². The van der Waals surface area contributed by atoms with Crippen LogP contribution in [0.2, 0.25) is 0 Å². The number of sulfonamides is 1. The van der Waals surface area contributed by atoms with Crippen molar-refractivity contribution in [2.45, 2.75) is 44.6 Å². The lowest BCUT2D eigenvalue weighted by Crippen LogP contribution is -2.45. The summed E-state index contributed by atoms with van der Waals surface area (Å²) in [4.78, 5) is 13.2. The molecule has 0 aromatic heterocycles. The molecule has 0 bridgehead atoms. The van der Waals surface area contributed by atoms with Gasteiger partial charge in [0.05, 0.1) is 24.0 Å². The summed E-state index contributed by atoms with van der Waals surface area (Å²) in [6.07, 6.45) is 1.35. The lowest BCUT2D eigenvalue weighted by atomic mass is 9.98. The fourth-order valence-electron chi connectivity index (χ4n) is 3.81. The third-order valence-corrected chi connectivity index (χ3v) is 7.70. The molecule has 0 saturated carbocycles. The highest BCUT2D eigenvalue weighted by molar-refractivity contribution is 7.89. The first-order valence-electron chi connectivity index (χ1n) is 10.2. The molecule has 1 amide bonds. The van der Waals surface area contributed by atoms with E-state index in [4.69, 9.17) is 4.74 Å². The number of hydrogen-bond donors (Lipinski definition) is 1. The summed E-state index contributed by atoms with van der Waals surface area (Å²) in [5.41, 5.74) is 2.60. The molecule has 2 aromatic carbocycles. The molecule has 1 saturated heterocycles. The molecule has 1 aliphatic heterocycles. The molecule has 6 nitrogen and oxygen atoms in total. The van der Waals surface area contributed by atoms with E-state index in [1.54, 1.807) is 20.1 Å². The standard InChI is InChI=1S/C23H30N2O4S/c1-16-7-8-17(2)22(14-16)30(27,28)25-13-5-6-20(15-25)23(26)24-18(3)19-9-11-21(29-4)12-10-19/h7-12,14,18,20H,5-6,13,15H2,1-4H3,(H,24,26)/t18-,20-/m0/s1. The van der Waals surface area contributed by atoms with Crippen LogP contribution in [0.25, 0.3) is 0 Å². The highest BCUT2D eigenvalue weighted by Crippen LogP contribution is 2.27. The topological polar surface area (TPSA) is 75.7 Å². The molecule has 7 heteroatoms. The number of methoxy groups -OCH3 is 1. The summed E-state index contributed by atoms with van der Waals surface area (Å²) in [6, 6.07) is 12.8. The number of hydrogen-bond acceptors (Lipinski definition) is 4. The van der Waals surface area contributed by atoms with Gasteiger partial charge in [-0.1, -0.05) is 24.3 Å². The molecule has 1 N–H and O–H groups in total. The molecule has 30 heavy (non-hydrogen) atoms. The molecule has 0 radical (unpaired) electrons. The van der Waals surface area contributed by atoms with E-state index in [0.29, 0.717) is 24.3 Å². The molecule has 1 aliphatic rings. The Bertz CT molecular complexity index is 1000. The van der Waals surface area contributed by atoms with Crippen molar-refractivity contribution in [3.8, 4) is 5.75 Å². The van der Waals surface area contributed by atoms with Crippen LogP contribution >= 0.6 is 0 Å². The number of ether oxygens (including phenoxy) is 1. The SMILES string of the molecule is COc1ccc([C@H](C)NC(=O)[C@H]2CCCN(S(=O)(=O)c3cc(C)ccc3C)C2)cc1. The number of carbonyl (C=O) groups is 1. The van der Waals surface area contributed by atoms with E-state index in [9.17, 15) is 13.2 Å². The highest BCUT2D eigenvalue weighted by atomic mass is 32.2. The molecule has 0 unspecified atom stereocenters. The average molecular weight is 431 g/mol. The number of benzene rings is 2. The number of rotatable bonds is 6. The van der Waals surface area contributed by atoms with Gasteiger partial charge in [-0.25, -0.2) is 8.42 Å². The maximum Gasteiger partial charge on any atom is 0.243 e. The second kappa shape index (κ2) is 9.18. The van der Waals surface area contributed by atoms with Crippen LogP contribution in [0.15, 0.2) is 47.4 Å². The van der Waals surface area contributed by atoms with Gasteiger partial charge in [-0.2, -0.15) is 4.31 Å². The van der Waals surface area contributed by atoms with E-state index < -0.39 is 10.0 Å². The second-order valence-electron chi connectivity index (χ2n) is 7.97. The molecule has 1 heterocycles. The summed E-state index contributed by atoms with van der Waals surface area (Å²) < 4.78 is 33.1. The van der Waals surface area contributed by atoms with Crippen LogP contribution in [0.3, 0.4) is 0 Å². The summed E-state index contributed by atoms with van der Waals surface area (Å²) in [6.45, 7) is 6.25. The molecule has 3 rings (SSSR count). The molecule has 2 atom stereocenters. The lowest BCUT2D eigenvalue weighted by molar-refractivity contribution is -0.126. The Labute approximate surface area is 179 Å². The van der Waals surface area contributed by atoms with Crippen molar-refractivity contribution in [2.75, 3.05) is 20.2 Å². The average Bonchev–Trinajstić information content (AvgIpc) is 2.75. The first kappa shape index (κ1) is 22.3. The van der Waals surface area contributed by atoms with Gasteiger partial charge in [-0.15, -0.1) is 0 Å². The Kier molecular flexibility index (Phi) is 6.83. The van der Waals surface area contributed by atoms with Gasteiger partial charge in [0.25, 0.3) is 0 Å². The maximum absolute atomic E-state index is 13.2. The normalized spacial score (nSPS) is 18.6. The molecule has 0 spiro atoms. The number of amides is 1. The van der Waals surface area contributed by atoms with Gasteiger partial charge in [0.1, 0.15) is 5.75 Å². The molecule has 162 valence electrons. The third-order valence-electron chi connectivity index (χ3n) is 5.69. The predicted molar refractivity (Wildman–Crippen MR) is 117 cm³/mol. The van der Waals surface area contributed by atoms with E-state index in [-0.39, 0.29) is 24.4 Å². The van der Waals surface area contributed by atoms with Gasteiger partial charge >= 0.3 is 0 Å². The van der Waals surface area contributed by atoms with Crippen molar-refractivity contribution in [1.29, 1.82) is 0 Å². The Hall–Kier alpha value is -2.38. The van der Waals surface area contributed by atoms with E-state index in [0.717, 1.165) is 22.4 Å².